The van der Waals surface area contributed by atoms with Crippen molar-refractivity contribution in [1.29, 1.82) is 0 Å². The number of amidine groups is 1. The summed E-state index contributed by atoms with van der Waals surface area (Å²) in [5.74, 6) is 0.672. The van der Waals surface area contributed by atoms with Gasteiger partial charge in [-0.2, -0.15) is 0 Å². The predicted molar refractivity (Wildman–Crippen MR) is 82.7 cm³/mol. The summed E-state index contributed by atoms with van der Waals surface area (Å²) in [6.07, 6.45) is 5.15. The van der Waals surface area contributed by atoms with Gasteiger partial charge < -0.3 is 10.1 Å². The van der Waals surface area contributed by atoms with E-state index in [-0.39, 0.29) is 18.0 Å². The number of nitrogens with zero attached hydrogens (tertiary/aromatic N) is 2. The fraction of sp³-hybridized carbons (Fsp3) is 0.812. The van der Waals surface area contributed by atoms with Gasteiger partial charge in [0.15, 0.2) is 0 Å². The van der Waals surface area contributed by atoms with Gasteiger partial charge in [-0.3, -0.25) is 14.7 Å². The number of carbonyl (C=O) groups is 2. The number of ether oxygens (including phenoxy) is 1. The Balaban J connectivity index is 1.76. The van der Waals surface area contributed by atoms with E-state index in [2.05, 4.69) is 5.32 Å². The smallest absolute Gasteiger partial charge is 0.410 e. The average molecular weight is 307 g/mol. The fourth-order valence-corrected chi connectivity index (χ4v) is 3.59. The molecule has 0 radical (unpaired) electrons. The lowest BCUT2D eigenvalue weighted by atomic mass is 9.99. The second kappa shape index (κ2) is 5.25. The first-order valence-corrected chi connectivity index (χ1v) is 8.22. The van der Waals surface area contributed by atoms with Crippen LogP contribution in [0.5, 0.6) is 0 Å². The number of likely N-dealkylation sites (tertiary alicyclic amines) is 1. The Morgan fingerprint density at radius 3 is 2.64 bits per heavy atom. The van der Waals surface area contributed by atoms with Gasteiger partial charge in [0.05, 0.1) is 6.04 Å². The van der Waals surface area contributed by atoms with Gasteiger partial charge in [-0.25, -0.2) is 4.79 Å². The molecule has 3 rings (SSSR count). The number of hydrogen-bond donors (Lipinski definition) is 1. The Morgan fingerprint density at radius 2 is 2.00 bits per heavy atom. The molecule has 0 unspecified atom stereocenters. The van der Waals surface area contributed by atoms with Crippen molar-refractivity contribution in [2.24, 2.45) is 4.99 Å². The first-order valence-electron chi connectivity index (χ1n) is 8.22. The van der Waals surface area contributed by atoms with E-state index in [1.54, 1.807) is 4.90 Å². The molecule has 1 aliphatic carbocycles. The maximum atomic E-state index is 12.4. The molecule has 22 heavy (non-hydrogen) atoms. The summed E-state index contributed by atoms with van der Waals surface area (Å²) in [5, 5.41) is 2.94. The minimum atomic E-state index is -0.558. The zero-order chi connectivity index (χ0) is 16.0. The van der Waals surface area contributed by atoms with Crippen LogP contribution in [-0.2, 0) is 9.53 Å². The molecular formula is C16H25N3O3. The minimum Gasteiger partial charge on any atom is -0.444 e. The van der Waals surface area contributed by atoms with Crippen LogP contribution in [0.3, 0.4) is 0 Å². The molecular weight excluding hydrogens is 282 g/mol. The lowest BCUT2D eigenvalue weighted by Crippen LogP contribution is -2.47. The lowest BCUT2D eigenvalue weighted by molar-refractivity contribution is -0.123. The molecule has 0 aromatic rings. The number of hydrogen-bond acceptors (Lipinski definition) is 4. The topological polar surface area (TPSA) is 71.0 Å². The molecule has 6 heteroatoms. The molecule has 1 atom stereocenters. The summed E-state index contributed by atoms with van der Waals surface area (Å²) in [5.41, 5.74) is -1.07. The Morgan fingerprint density at radius 1 is 1.32 bits per heavy atom. The van der Waals surface area contributed by atoms with Crippen LogP contribution in [0.25, 0.3) is 0 Å². The SMILES string of the molecule is CC(C)(C)OC(=O)N1CCC[C@@H]1C1=NC2(CCCC2)C(=O)N1. The third-order valence-corrected chi connectivity index (χ3v) is 4.63. The third-order valence-electron chi connectivity index (χ3n) is 4.63. The van der Waals surface area contributed by atoms with Crippen molar-refractivity contribution in [1.82, 2.24) is 10.2 Å². The number of nitrogens with one attached hydrogen (secondary N) is 1. The second-order valence-corrected chi connectivity index (χ2v) is 7.52. The van der Waals surface area contributed by atoms with Crippen LogP contribution in [0.2, 0.25) is 0 Å². The summed E-state index contributed by atoms with van der Waals surface area (Å²) in [7, 11) is 0. The Hall–Kier alpha value is -1.59. The highest BCUT2D eigenvalue weighted by atomic mass is 16.6. The van der Waals surface area contributed by atoms with Crippen molar-refractivity contribution >= 4 is 17.8 Å². The molecule has 1 saturated carbocycles. The van der Waals surface area contributed by atoms with Gasteiger partial charge in [-0.1, -0.05) is 12.8 Å². The summed E-state index contributed by atoms with van der Waals surface area (Å²) in [6, 6.07) is -0.154. The average Bonchev–Trinajstić information content (AvgIpc) is 3.11. The molecule has 6 nitrogen and oxygen atoms in total. The Bertz CT molecular complexity index is 515. The van der Waals surface area contributed by atoms with E-state index in [0.717, 1.165) is 38.5 Å². The molecule has 2 heterocycles. The molecule has 2 fully saturated rings. The van der Waals surface area contributed by atoms with Crippen molar-refractivity contribution in [3.63, 3.8) is 0 Å². The lowest BCUT2D eigenvalue weighted by Gasteiger charge is -2.28. The molecule has 3 aliphatic rings. The van der Waals surface area contributed by atoms with E-state index in [1.807, 2.05) is 20.8 Å². The summed E-state index contributed by atoms with van der Waals surface area (Å²) >= 11 is 0. The molecule has 1 spiro atoms. The first kappa shape index (κ1) is 15.3. The van der Waals surface area contributed by atoms with Gasteiger partial charge in [0, 0.05) is 6.54 Å². The van der Waals surface area contributed by atoms with Gasteiger partial charge in [0.25, 0.3) is 5.91 Å². The van der Waals surface area contributed by atoms with Crippen LogP contribution < -0.4 is 5.32 Å². The van der Waals surface area contributed by atoms with E-state index < -0.39 is 11.1 Å². The predicted octanol–water partition coefficient (Wildman–Crippen LogP) is 2.23. The van der Waals surface area contributed by atoms with E-state index >= 15 is 0 Å². The molecule has 0 aromatic carbocycles. The molecule has 2 aliphatic heterocycles. The summed E-state index contributed by atoms with van der Waals surface area (Å²) < 4.78 is 5.47. The molecule has 2 amide bonds. The molecule has 0 aromatic heterocycles. The molecule has 1 saturated heterocycles. The van der Waals surface area contributed by atoms with Gasteiger partial charge >= 0.3 is 6.09 Å². The number of rotatable bonds is 1. The molecule has 1 N–H and O–H groups in total. The Labute approximate surface area is 131 Å². The monoisotopic (exact) mass is 307 g/mol. The van der Waals surface area contributed by atoms with Crippen LogP contribution in [0.1, 0.15) is 59.3 Å². The highest BCUT2D eigenvalue weighted by molar-refractivity contribution is 6.11. The Kier molecular flexibility index (Phi) is 3.65. The zero-order valence-electron chi connectivity index (χ0n) is 13.6. The summed E-state index contributed by atoms with van der Waals surface area (Å²) in [6.45, 7) is 6.23. The standard InChI is InChI=1S/C16H25N3O3/c1-15(2,3)22-14(21)19-10-6-7-11(19)12-17-13(20)16(18-12)8-4-5-9-16/h11H,4-10H2,1-3H3,(H,17,18,20)/t11-/m1/s1. The van der Waals surface area contributed by atoms with Crippen LogP contribution in [0, 0.1) is 0 Å². The van der Waals surface area contributed by atoms with Crippen molar-refractivity contribution in [3.8, 4) is 0 Å². The quantitative estimate of drug-likeness (QED) is 0.807. The highest BCUT2D eigenvalue weighted by Gasteiger charge is 2.48. The van der Waals surface area contributed by atoms with Gasteiger partial charge in [-0.05, 0) is 46.5 Å². The van der Waals surface area contributed by atoms with Crippen LogP contribution in [0.4, 0.5) is 4.79 Å². The van der Waals surface area contributed by atoms with E-state index in [1.165, 1.54) is 0 Å². The number of carbonyl (C=O) groups excluding carboxylic acids is 2. The third kappa shape index (κ3) is 2.71. The van der Waals surface area contributed by atoms with Gasteiger partial charge in [0.1, 0.15) is 17.0 Å². The molecule has 0 bridgehead atoms. The first-order chi connectivity index (χ1) is 10.3. The normalized spacial score (nSPS) is 27.2. The summed E-state index contributed by atoms with van der Waals surface area (Å²) in [4.78, 5) is 31.1. The maximum absolute atomic E-state index is 12.4. The van der Waals surface area contributed by atoms with E-state index in [0.29, 0.717) is 12.4 Å². The number of amides is 2. The van der Waals surface area contributed by atoms with Gasteiger partial charge in [0.2, 0.25) is 0 Å². The van der Waals surface area contributed by atoms with E-state index in [4.69, 9.17) is 9.73 Å². The minimum absolute atomic E-state index is 0.0102. The second-order valence-electron chi connectivity index (χ2n) is 7.52. The number of aliphatic imine (C=N–C) groups is 1. The van der Waals surface area contributed by atoms with Crippen LogP contribution in [-0.4, -0.2) is 46.5 Å². The van der Waals surface area contributed by atoms with Crippen molar-refractivity contribution in [3.05, 3.63) is 0 Å². The van der Waals surface area contributed by atoms with Crippen molar-refractivity contribution in [2.45, 2.75) is 76.5 Å². The highest BCUT2D eigenvalue weighted by Crippen LogP contribution is 2.37. The fourth-order valence-electron chi connectivity index (χ4n) is 3.59. The zero-order valence-corrected chi connectivity index (χ0v) is 13.6. The largest absolute Gasteiger partial charge is 0.444 e. The molecule has 122 valence electrons. The van der Waals surface area contributed by atoms with Crippen LogP contribution >= 0.6 is 0 Å². The van der Waals surface area contributed by atoms with Crippen molar-refractivity contribution < 1.29 is 14.3 Å². The maximum Gasteiger partial charge on any atom is 0.410 e. The van der Waals surface area contributed by atoms with Crippen molar-refractivity contribution in [2.75, 3.05) is 6.54 Å². The van der Waals surface area contributed by atoms with Crippen LogP contribution in [0.15, 0.2) is 4.99 Å². The van der Waals surface area contributed by atoms with E-state index in [9.17, 15) is 9.59 Å². The van der Waals surface area contributed by atoms with Gasteiger partial charge in [-0.15, -0.1) is 0 Å².